The predicted octanol–water partition coefficient (Wildman–Crippen LogP) is 1.28. The molecule has 7 heteroatoms. The average Bonchev–Trinajstić information content (AvgIpc) is 3.30. The molecule has 2 atom stereocenters. The zero-order valence-corrected chi connectivity index (χ0v) is 14.5. The highest BCUT2D eigenvalue weighted by Gasteiger charge is 2.39. The summed E-state index contributed by atoms with van der Waals surface area (Å²) in [5, 5.41) is 3.51. The van der Waals surface area contributed by atoms with Gasteiger partial charge < -0.3 is 5.32 Å². The van der Waals surface area contributed by atoms with Gasteiger partial charge in [0.2, 0.25) is 0 Å². The molecule has 21 heavy (non-hydrogen) atoms. The standard InChI is InChI=1S/C14H27N3O2S2/c1-12-11-20-9-8-16(12)21(18,19)17-7-3-2-4-14(17)10-15-13-5-6-13/h12-15H,2-11H2,1H3. The maximum atomic E-state index is 13.0. The lowest BCUT2D eigenvalue weighted by Gasteiger charge is -2.41. The van der Waals surface area contributed by atoms with Gasteiger partial charge in [-0.25, -0.2) is 0 Å². The first-order valence-electron chi connectivity index (χ1n) is 8.19. The molecule has 2 saturated heterocycles. The van der Waals surface area contributed by atoms with Crippen molar-refractivity contribution in [3.05, 3.63) is 0 Å². The summed E-state index contributed by atoms with van der Waals surface area (Å²) in [6.45, 7) is 4.20. The van der Waals surface area contributed by atoms with Crippen LogP contribution in [0.2, 0.25) is 0 Å². The molecular weight excluding hydrogens is 306 g/mol. The van der Waals surface area contributed by atoms with Gasteiger partial charge in [0.1, 0.15) is 0 Å². The first-order valence-corrected chi connectivity index (χ1v) is 10.7. The zero-order chi connectivity index (χ0) is 14.9. The largest absolute Gasteiger partial charge is 0.312 e. The van der Waals surface area contributed by atoms with E-state index in [1.54, 1.807) is 8.61 Å². The Kier molecular flexibility index (Phi) is 5.15. The van der Waals surface area contributed by atoms with E-state index in [9.17, 15) is 8.42 Å². The second kappa shape index (κ2) is 6.74. The predicted molar refractivity (Wildman–Crippen MR) is 87.8 cm³/mol. The molecule has 0 amide bonds. The fraction of sp³-hybridized carbons (Fsp3) is 1.00. The van der Waals surface area contributed by atoms with Crippen LogP contribution in [-0.2, 0) is 10.2 Å². The van der Waals surface area contributed by atoms with Crippen LogP contribution in [0, 0.1) is 0 Å². The van der Waals surface area contributed by atoms with Crippen molar-refractivity contribution in [2.45, 2.75) is 57.2 Å². The highest BCUT2D eigenvalue weighted by Crippen LogP contribution is 2.27. The van der Waals surface area contributed by atoms with Gasteiger partial charge in [-0.05, 0) is 32.6 Å². The van der Waals surface area contributed by atoms with Crippen LogP contribution in [-0.4, -0.2) is 66.3 Å². The van der Waals surface area contributed by atoms with E-state index in [1.807, 2.05) is 18.7 Å². The third-order valence-corrected chi connectivity index (χ3v) is 8.09. The molecule has 5 nitrogen and oxygen atoms in total. The van der Waals surface area contributed by atoms with Gasteiger partial charge in [-0.15, -0.1) is 0 Å². The topological polar surface area (TPSA) is 52.7 Å². The molecule has 2 aliphatic heterocycles. The van der Waals surface area contributed by atoms with E-state index in [4.69, 9.17) is 0 Å². The molecule has 122 valence electrons. The molecule has 3 fully saturated rings. The van der Waals surface area contributed by atoms with Gasteiger partial charge in [0.15, 0.2) is 0 Å². The summed E-state index contributed by atoms with van der Waals surface area (Å²) in [5.74, 6) is 1.83. The van der Waals surface area contributed by atoms with Crippen molar-refractivity contribution in [1.29, 1.82) is 0 Å². The first-order chi connectivity index (χ1) is 10.1. The molecule has 2 unspecified atom stereocenters. The molecule has 0 aromatic heterocycles. The summed E-state index contributed by atoms with van der Waals surface area (Å²) in [7, 11) is -3.30. The highest BCUT2D eigenvalue weighted by molar-refractivity contribution is 7.99. The summed E-state index contributed by atoms with van der Waals surface area (Å²) in [6, 6.07) is 0.903. The Morgan fingerprint density at radius 3 is 2.67 bits per heavy atom. The number of rotatable bonds is 5. The van der Waals surface area contributed by atoms with E-state index in [0.717, 1.165) is 37.3 Å². The number of nitrogens with one attached hydrogen (secondary N) is 1. The van der Waals surface area contributed by atoms with E-state index in [2.05, 4.69) is 5.32 Å². The number of thioether (sulfide) groups is 1. The number of hydrogen-bond acceptors (Lipinski definition) is 4. The summed E-state index contributed by atoms with van der Waals surface area (Å²) >= 11 is 1.86. The molecule has 1 aliphatic carbocycles. The molecule has 0 bridgehead atoms. The lowest BCUT2D eigenvalue weighted by molar-refractivity contribution is 0.219. The van der Waals surface area contributed by atoms with Crippen molar-refractivity contribution in [1.82, 2.24) is 13.9 Å². The fourth-order valence-corrected chi connectivity index (χ4v) is 6.52. The minimum atomic E-state index is -3.30. The van der Waals surface area contributed by atoms with Crippen LogP contribution in [0.3, 0.4) is 0 Å². The third kappa shape index (κ3) is 3.75. The van der Waals surface area contributed by atoms with Gasteiger partial charge in [-0.3, -0.25) is 0 Å². The first kappa shape index (κ1) is 16.1. The molecule has 0 radical (unpaired) electrons. The van der Waals surface area contributed by atoms with Gasteiger partial charge >= 0.3 is 0 Å². The number of hydrogen-bond donors (Lipinski definition) is 1. The van der Waals surface area contributed by atoms with Crippen molar-refractivity contribution in [3.63, 3.8) is 0 Å². The van der Waals surface area contributed by atoms with Crippen LogP contribution in [0.25, 0.3) is 0 Å². The van der Waals surface area contributed by atoms with Gasteiger partial charge in [0, 0.05) is 49.3 Å². The second-order valence-corrected chi connectivity index (χ2v) is 9.47. The SMILES string of the molecule is CC1CSCCN1S(=O)(=O)N1CCCCC1CNC1CC1. The van der Waals surface area contributed by atoms with Crippen molar-refractivity contribution in [3.8, 4) is 0 Å². The fourth-order valence-electron chi connectivity index (χ4n) is 3.26. The quantitative estimate of drug-likeness (QED) is 0.823. The number of piperidine rings is 1. The van der Waals surface area contributed by atoms with Gasteiger partial charge in [0.05, 0.1) is 0 Å². The smallest absolute Gasteiger partial charge is 0.282 e. The molecule has 0 spiro atoms. The lowest BCUT2D eigenvalue weighted by Crippen LogP contribution is -2.57. The Morgan fingerprint density at radius 2 is 1.95 bits per heavy atom. The van der Waals surface area contributed by atoms with E-state index in [1.165, 1.54) is 12.8 Å². The van der Waals surface area contributed by atoms with Gasteiger partial charge in [0.25, 0.3) is 10.2 Å². The zero-order valence-electron chi connectivity index (χ0n) is 12.8. The normalized spacial score (nSPS) is 33.2. The van der Waals surface area contributed by atoms with Crippen molar-refractivity contribution in [2.24, 2.45) is 0 Å². The Labute approximate surface area is 133 Å². The molecule has 0 aromatic rings. The van der Waals surface area contributed by atoms with Crippen LogP contribution in [0.15, 0.2) is 0 Å². The van der Waals surface area contributed by atoms with Crippen molar-refractivity contribution in [2.75, 3.05) is 31.1 Å². The average molecular weight is 334 g/mol. The number of nitrogens with zero attached hydrogens (tertiary/aromatic N) is 2. The van der Waals surface area contributed by atoms with Gasteiger partial charge in [-0.2, -0.15) is 28.8 Å². The Hall–Kier alpha value is 0.180. The highest BCUT2D eigenvalue weighted by atomic mass is 32.2. The molecule has 3 rings (SSSR count). The van der Waals surface area contributed by atoms with Crippen LogP contribution < -0.4 is 5.32 Å². The Morgan fingerprint density at radius 1 is 1.14 bits per heavy atom. The van der Waals surface area contributed by atoms with Crippen LogP contribution in [0.1, 0.15) is 39.0 Å². The summed E-state index contributed by atoms with van der Waals surface area (Å²) < 4.78 is 29.6. The van der Waals surface area contributed by atoms with Crippen molar-refractivity contribution >= 4 is 22.0 Å². The monoisotopic (exact) mass is 333 g/mol. The summed E-state index contributed by atoms with van der Waals surface area (Å²) in [6.07, 6.45) is 5.64. The van der Waals surface area contributed by atoms with E-state index in [0.29, 0.717) is 19.1 Å². The van der Waals surface area contributed by atoms with Gasteiger partial charge in [-0.1, -0.05) is 6.42 Å². The van der Waals surface area contributed by atoms with E-state index < -0.39 is 10.2 Å². The second-order valence-electron chi connectivity index (χ2n) is 6.49. The molecular formula is C14H27N3O2S2. The Balaban J connectivity index is 1.70. The Bertz CT molecular complexity index is 453. The molecule has 1 N–H and O–H groups in total. The molecule has 0 aromatic carbocycles. The van der Waals surface area contributed by atoms with E-state index >= 15 is 0 Å². The lowest BCUT2D eigenvalue weighted by atomic mass is 10.1. The maximum absolute atomic E-state index is 13.0. The minimum absolute atomic E-state index is 0.118. The summed E-state index contributed by atoms with van der Waals surface area (Å²) in [5.41, 5.74) is 0. The van der Waals surface area contributed by atoms with Crippen LogP contribution in [0.5, 0.6) is 0 Å². The summed E-state index contributed by atoms with van der Waals surface area (Å²) in [4.78, 5) is 0. The minimum Gasteiger partial charge on any atom is -0.312 e. The molecule has 3 aliphatic rings. The van der Waals surface area contributed by atoms with Crippen LogP contribution in [0.4, 0.5) is 0 Å². The van der Waals surface area contributed by atoms with E-state index in [-0.39, 0.29) is 12.1 Å². The maximum Gasteiger partial charge on any atom is 0.282 e. The van der Waals surface area contributed by atoms with Crippen molar-refractivity contribution < 1.29 is 8.42 Å². The molecule has 1 saturated carbocycles. The molecule has 2 heterocycles. The third-order valence-electron chi connectivity index (χ3n) is 4.69. The van der Waals surface area contributed by atoms with Crippen LogP contribution >= 0.6 is 11.8 Å².